The van der Waals surface area contributed by atoms with Crippen molar-refractivity contribution in [3.63, 3.8) is 0 Å². The molecule has 0 aliphatic rings. The number of aryl methyl sites for hydroxylation is 1. The lowest BCUT2D eigenvalue weighted by Gasteiger charge is -2.10. The Morgan fingerprint density at radius 2 is 1.64 bits per heavy atom. The molecule has 0 saturated carbocycles. The molecule has 2 heterocycles. The van der Waals surface area contributed by atoms with Crippen LogP contribution in [0.5, 0.6) is 0 Å². The molecule has 0 atom stereocenters. The van der Waals surface area contributed by atoms with E-state index in [9.17, 15) is 13.2 Å². The van der Waals surface area contributed by atoms with E-state index in [0.29, 0.717) is 22.7 Å². The molecule has 2 aromatic heterocycles. The van der Waals surface area contributed by atoms with E-state index < -0.39 is 10.0 Å². The van der Waals surface area contributed by atoms with Crippen LogP contribution in [0.2, 0.25) is 0 Å². The van der Waals surface area contributed by atoms with Gasteiger partial charge in [0.15, 0.2) is 11.4 Å². The van der Waals surface area contributed by atoms with Gasteiger partial charge in [-0.25, -0.2) is 17.9 Å². The van der Waals surface area contributed by atoms with Crippen molar-refractivity contribution in [1.29, 1.82) is 0 Å². The first kappa shape index (κ1) is 23.3. The van der Waals surface area contributed by atoms with Crippen molar-refractivity contribution in [1.82, 2.24) is 14.6 Å². The summed E-state index contributed by atoms with van der Waals surface area (Å²) >= 11 is 0. The average molecular weight is 498 g/mol. The summed E-state index contributed by atoms with van der Waals surface area (Å²) in [6, 6.07) is 22.8. The summed E-state index contributed by atoms with van der Waals surface area (Å²) in [5.41, 5.74) is 5.11. The zero-order valence-electron chi connectivity index (χ0n) is 19.6. The highest BCUT2D eigenvalue weighted by Gasteiger charge is 2.14. The summed E-state index contributed by atoms with van der Waals surface area (Å²) in [7, 11) is -3.67. The van der Waals surface area contributed by atoms with Gasteiger partial charge in [0, 0.05) is 28.7 Å². The molecule has 5 rings (SSSR count). The topological polar surface area (TPSA) is 105 Å². The van der Waals surface area contributed by atoms with E-state index in [1.165, 1.54) is 6.92 Å². The van der Waals surface area contributed by atoms with Crippen molar-refractivity contribution < 1.29 is 13.2 Å². The highest BCUT2D eigenvalue weighted by atomic mass is 32.2. The number of rotatable bonds is 7. The quantitative estimate of drug-likeness (QED) is 0.290. The van der Waals surface area contributed by atoms with Gasteiger partial charge in [-0.2, -0.15) is 5.10 Å². The molecule has 5 aromatic rings. The Bertz CT molecular complexity index is 1680. The molecule has 0 spiro atoms. The number of fused-ring (bicyclic) bond motifs is 1. The Morgan fingerprint density at radius 1 is 0.917 bits per heavy atom. The third kappa shape index (κ3) is 4.82. The van der Waals surface area contributed by atoms with E-state index in [1.807, 2.05) is 25.1 Å². The molecule has 0 bridgehead atoms. The molecule has 0 aliphatic carbocycles. The molecule has 180 valence electrons. The molecule has 0 unspecified atom stereocenters. The number of anilines is 3. The summed E-state index contributed by atoms with van der Waals surface area (Å²) in [5.74, 6) is 0.591. The van der Waals surface area contributed by atoms with Gasteiger partial charge in [-0.05, 0) is 67.9 Å². The lowest BCUT2D eigenvalue weighted by atomic mass is 10.0. The van der Waals surface area contributed by atoms with E-state index in [0.717, 1.165) is 22.4 Å². The average Bonchev–Trinajstić information content (AvgIpc) is 3.29. The molecular formula is C27H23N5O3S. The summed E-state index contributed by atoms with van der Waals surface area (Å²) < 4.78 is 29.5. The van der Waals surface area contributed by atoms with Crippen molar-refractivity contribution in [2.45, 2.75) is 18.7 Å². The minimum atomic E-state index is -3.67. The van der Waals surface area contributed by atoms with Gasteiger partial charge < -0.3 is 5.32 Å². The van der Waals surface area contributed by atoms with Crippen LogP contribution in [0.3, 0.4) is 0 Å². The summed E-state index contributed by atoms with van der Waals surface area (Å²) in [5, 5.41) is 7.61. The first-order chi connectivity index (χ1) is 17.3. The Morgan fingerprint density at radius 3 is 2.36 bits per heavy atom. The Balaban J connectivity index is 1.36. The summed E-state index contributed by atoms with van der Waals surface area (Å²) in [6.07, 6.45) is 3.52. The van der Waals surface area contributed by atoms with Gasteiger partial charge in [0.25, 0.3) is 10.0 Å². The highest BCUT2D eigenvalue weighted by Crippen LogP contribution is 2.26. The number of sulfonamides is 1. The maximum atomic E-state index is 12.6. The monoisotopic (exact) mass is 497 g/mol. The smallest absolute Gasteiger partial charge is 0.261 e. The van der Waals surface area contributed by atoms with Crippen molar-refractivity contribution in [2.24, 2.45) is 0 Å². The van der Waals surface area contributed by atoms with Crippen molar-refractivity contribution in [3.8, 4) is 11.1 Å². The van der Waals surface area contributed by atoms with Gasteiger partial charge in [-0.1, -0.05) is 35.9 Å². The number of benzene rings is 3. The first-order valence-electron chi connectivity index (χ1n) is 11.2. The normalized spacial score (nSPS) is 11.4. The van der Waals surface area contributed by atoms with Crippen LogP contribution >= 0.6 is 0 Å². The van der Waals surface area contributed by atoms with Gasteiger partial charge in [0.05, 0.1) is 11.1 Å². The van der Waals surface area contributed by atoms with Crippen molar-refractivity contribution >= 4 is 38.6 Å². The lowest BCUT2D eigenvalue weighted by molar-refractivity contribution is 0.101. The van der Waals surface area contributed by atoms with Crippen molar-refractivity contribution in [2.75, 3.05) is 10.0 Å². The largest absolute Gasteiger partial charge is 0.340 e. The molecule has 8 nitrogen and oxygen atoms in total. The van der Waals surface area contributed by atoms with Gasteiger partial charge in [0.1, 0.15) is 5.82 Å². The molecule has 0 aliphatic heterocycles. The van der Waals surface area contributed by atoms with Crippen LogP contribution in [0.1, 0.15) is 22.8 Å². The maximum Gasteiger partial charge on any atom is 0.261 e. The second kappa shape index (κ2) is 9.27. The minimum absolute atomic E-state index is 0.00626. The Kier molecular flexibility index (Phi) is 5.99. The number of hydrogen-bond donors (Lipinski definition) is 2. The zero-order chi connectivity index (χ0) is 25.3. The van der Waals surface area contributed by atoms with Crippen LogP contribution in [0.25, 0.3) is 16.8 Å². The van der Waals surface area contributed by atoms with Crippen LogP contribution in [-0.2, 0) is 10.0 Å². The number of nitrogens with one attached hydrogen (secondary N) is 2. The molecule has 0 radical (unpaired) electrons. The second-order valence-corrected chi connectivity index (χ2v) is 10.1. The SMILES string of the molecule is CC(=O)c1cccc(-c2cnn3ccc(Nc4ccc(NS(=O)(=O)c5ccc(C)cc5)cc4)nc23)c1. The predicted molar refractivity (Wildman–Crippen MR) is 140 cm³/mol. The molecule has 3 aromatic carbocycles. The number of carbonyl (C=O) groups is 1. The molecule has 0 saturated heterocycles. The maximum absolute atomic E-state index is 12.6. The van der Waals surface area contributed by atoms with E-state index in [1.54, 1.807) is 77.6 Å². The number of ketones is 1. The van der Waals surface area contributed by atoms with Crippen molar-refractivity contribution in [3.05, 3.63) is 102 Å². The number of nitrogens with zero attached hydrogens (tertiary/aromatic N) is 3. The summed E-state index contributed by atoms with van der Waals surface area (Å²) in [4.78, 5) is 16.7. The van der Waals surface area contributed by atoms with Crippen LogP contribution in [0.15, 0.2) is 96.2 Å². The standard InChI is InChI=1S/C27H23N5O3S/c1-18-6-12-24(13-7-18)36(34,35)31-23-10-8-22(9-11-23)29-26-14-15-32-27(30-26)25(17-28-32)21-5-3-4-20(16-21)19(2)33/h3-17,31H,1-2H3,(H,29,30). The third-order valence-corrected chi connectivity index (χ3v) is 7.09. The Labute approximate surface area is 208 Å². The fourth-order valence-corrected chi connectivity index (χ4v) is 4.81. The van der Waals surface area contributed by atoms with Crippen LogP contribution in [0, 0.1) is 6.92 Å². The van der Waals surface area contributed by atoms with E-state index in [4.69, 9.17) is 4.98 Å². The molecule has 0 amide bonds. The van der Waals surface area contributed by atoms with Crippen LogP contribution in [0.4, 0.5) is 17.2 Å². The third-order valence-electron chi connectivity index (χ3n) is 5.69. The van der Waals surface area contributed by atoms with Gasteiger partial charge in [0.2, 0.25) is 0 Å². The van der Waals surface area contributed by atoms with E-state index >= 15 is 0 Å². The molecule has 9 heteroatoms. The van der Waals surface area contributed by atoms with Gasteiger partial charge >= 0.3 is 0 Å². The number of aromatic nitrogens is 3. The van der Waals surface area contributed by atoms with Crippen LogP contribution < -0.4 is 10.0 Å². The fourth-order valence-electron chi connectivity index (χ4n) is 3.75. The minimum Gasteiger partial charge on any atom is -0.340 e. The first-order valence-corrected chi connectivity index (χ1v) is 12.7. The highest BCUT2D eigenvalue weighted by molar-refractivity contribution is 7.92. The number of carbonyl (C=O) groups excluding carboxylic acids is 1. The number of hydrogen-bond acceptors (Lipinski definition) is 6. The molecular weight excluding hydrogens is 474 g/mol. The molecule has 0 fully saturated rings. The fraction of sp³-hybridized carbons (Fsp3) is 0.0741. The zero-order valence-corrected chi connectivity index (χ0v) is 20.5. The van der Waals surface area contributed by atoms with Crippen LogP contribution in [-0.4, -0.2) is 28.8 Å². The number of Topliss-reactive ketones (excluding diaryl/α,β-unsaturated/α-hetero) is 1. The van der Waals surface area contributed by atoms with Gasteiger partial charge in [-0.15, -0.1) is 0 Å². The molecule has 2 N–H and O–H groups in total. The lowest BCUT2D eigenvalue weighted by Crippen LogP contribution is -2.12. The molecule has 36 heavy (non-hydrogen) atoms. The second-order valence-electron chi connectivity index (χ2n) is 8.40. The van der Waals surface area contributed by atoms with Gasteiger partial charge in [-0.3, -0.25) is 9.52 Å². The predicted octanol–water partition coefficient (Wildman–Crippen LogP) is 5.45. The van der Waals surface area contributed by atoms with E-state index in [-0.39, 0.29) is 10.7 Å². The summed E-state index contributed by atoms with van der Waals surface area (Å²) in [6.45, 7) is 3.44. The Hall–Kier alpha value is -4.50. The van der Waals surface area contributed by atoms with E-state index in [2.05, 4.69) is 15.1 Å².